The first-order chi connectivity index (χ1) is 9.63. The fraction of sp³-hybridized carbons (Fsp3) is 0.500. The topological polar surface area (TPSA) is 59.2 Å². The number of hydrogen-bond donors (Lipinski definition) is 1. The lowest BCUT2D eigenvalue weighted by molar-refractivity contribution is 0.146. The lowest BCUT2D eigenvalue weighted by Gasteiger charge is -2.24. The predicted molar refractivity (Wildman–Crippen MR) is 77.6 cm³/mol. The number of aromatic nitrogens is 2. The van der Waals surface area contributed by atoms with Gasteiger partial charge in [0.05, 0.1) is 12.0 Å². The summed E-state index contributed by atoms with van der Waals surface area (Å²) < 4.78 is 5.38. The fourth-order valence-corrected chi connectivity index (χ4v) is 2.27. The third-order valence-corrected chi connectivity index (χ3v) is 4.06. The van der Waals surface area contributed by atoms with Crippen molar-refractivity contribution in [3.8, 4) is 0 Å². The molecule has 20 heavy (non-hydrogen) atoms. The van der Waals surface area contributed by atoms with Gasteiger partial charge in [-0.1, -0.05) is 48.8 Å². The quantitative estimate of drug-likeness (QED) is 0.879. The second-order valence-corrected chi connectivity index (χ2v) is 5.32. The number of aliphatic hydroxyl groups excluding tert-OH is 1. The van der Waals surface area contributed by atoms with E-state index in [1.807, 2.05) is 13.8 Å². The van der Waals surface area contributed by atoms with Gasteiger partial charge < -0.3 is 9.63 Å². The molecule has 1 heterocycles. The molecule has 0 aliphatic heterocycles. The zero-order valence-electron chi connectivity index (χ0n) is 12.4. The molecule has 1 N–H and O–H groups in total. The third kappa shape index (κ3) is 2.90. The lowest BCUT2D eigenvalue weighted by atomic mass is 9.83. The Balaban J connectivity index is 2.18. The van der Waals surface area contributed by atoms with Crippen molar-refractivity contribution in [3.05, 3.63) is 47.1 Å². The molecular weight excluding hydrogens is 252 g/mol. The minimum atomic E-state index is -0.404. The Morgan fingerprint density at radius 1 is 1.15 bits per heavy atom. The van der Waals surface area contributed by atoms with Gasteiger partial charge in [-0.15, -0.1) is 0 Å². The molecule has 4 heteroatoms. The molecule has 1 aromatic heterocycles. The predicted octanol–water partition coefficient (Wildman–Crippen LogP) is 3.02. The van der Waals surface area contributed by atoms with E-state index in [9.17, 15) is 5.11 Å². The zero-order chi connectivity index (χ0) is 14.6. The van der Waals surface area contributed by atoms with Crippen molar-refractivity contribution in [1.29, 1.82) is 0 Å². The fourth-order valence-electron chi connectivity index (χ4n) is 2.27. The maximum atomic E-state index is 9.63. The van der Waals surface area contributed by atoms with Gasteiger partial charge in [0.15, 0.2) is 5.82 Å². The van der Waals surface area contributed by atoms with Crippen LogP contribution in [0, 0.1) is 6.92 Å². The summed E-state index contributed by atoms with van der Waals surface area (Å²) in [4.78, 5) is 4.48. The number of nitrogens with zero attached hydrogens (tertiary/aromatic N) is 2. The van der Waals surface area contributed by atoms with Crippen molar-refractivity contribution in [1.82, 2.24) is 10.1 Å². The van der Waals surface area contributed by atoms with E-state index < -0.39 is 5.41 Å². The van der Waals surface area contributed by atoms with Gasteiger partial charge in [-0.3, -0.25) is 0 Å². The van der Waals surface area contributed by atoms with Crippen LogP contribution < -0.4 is 0 Å². The van der Waals surface area contributed by atoms with Crippen LogP contribution in [0.5, 0.6) is 0 Å². The molecule has 108 valence electrons. The third-order valence-electron chi connectivity index (χ3n) is 4.06. The van der Waals surface area contributed by atoms with E-state index in [0.29, 0.717) is 18.1 Å². The number of aliphatic hydroxyl groups is 1. The van der Waals surface area contributed by atoms with Crippen molar-refractivity contribution < 1.29 is 9.63 Å². The van der Waals surface area contributed by atoms with Crippen LogP contribution in [0.1, 0.15) is 49.5 Å². The summed E-state index contributed by atoms with van der Waals surface area (Å²) in [5, 5.41) is 13.7. The minimum absolute atomic E-state index is 0.0339. The summed E-state index contributed by atoms with van der Waals surface area (Å²) >= 11 is 0. The Bertz CT molecular complexity index is 534. The molecule has 0 spiro atoms. The number of hydrogen-bond acceptors (Lipinski definition) is 4. The highest BCUT2D eigenvalue weighted by molar-refractivity contribution is 5.23. The Kier molecular flexibility index (Phi) is 4.55. The molecular formula is C16H22N2O2. The molecule has 0 radical (unpaired) electrons. The van der Waals surface area contributed by atoms with Crippen molar-refractivity contribution in [2.75, 3.05) is 6.61 Å². The smallest absolute Gasteiger partial charge is 0.235 e. The monoisotopic (exact) mass is 274 g/mol. The zero-order valence-corrected chi connectivity index (χ0v) is 12.4. The second kappa shape index (κ2) is 6.18. The molecule has 0 aliphatic rings. The summed E-state index contributed by atoms with van der Waals surface area (Å²) in [5.41, 5.74) is 1.99. The summed E-state index contributed by atoms with van der Waals surface area (Å²) in [6, 6.07) is 8.30. The van der Waals surface area contributed by atoms with Crippen LogP contribution in [0.15, 0.2) is 28.8 Å². The SMILES string of the molecule is CCC(CC)(CO)c1nc(Cc2ccc(C)cc2)no1. The highest BCUT2D eigenvalue weighted by Gasteiger charge is 2.34. The summed E-state index contributed by atoms with van der Waals surface area (Å²) in [7, 11) is 0. The molecule has 0 fully saturated rings. The first kappa shape index (κ1) is 14.7. The Labute approximate surface area is 119 Å². The van der Waals surface area contributed by atoms with Gasteiger partial charge in [-0.05, 0) is 25.3 Å². The Morgan fingerprint density at radius 3 is 2.35 bits per heavy atom. The number of aryl methyl sites for hydroxylation is 1. The molecule has 0 aliphatic carbocycles. The van der Waals surface area contributed by atoms with E-state index in [1.54, 1.807) is 0 Å². The van der Waals surface area contributed by atoms with E-state index in [0.717, 1.165) is 18.4 Å². The molecule has 2 rings (SSSR count). The van der Waals surface area contributed by atoms with E-state index >= 15 is 0 Å². The van der Waals surface area contributed by atoms with E-state index in [4.69, 9.17) is 4.52 Å². The second-order valence-electron chi connectivity index (χ2n) is 5.32. The molecule has 0 saturated carbocycles. The van der Waals surface area contributed by atoms with E-state index in [2.05, 4.69) is 41.3 Å². The first-order valence-corrected chi connectivity index (χ1v) is 7.13. The van der Waals surface area contributed by atoms with Crippen molar-refractivity contribution >= 4 is 0 Å². The molecule has 0 amide bonds. The van der Waals surface area contributed by atoms with Gasteiger partial charge >= 0.3 is 0 Å². The molecule has 0 saturated heterocycles. The Morgan fingerprint density at radius 2 is 1.80 bits per heavy atom. The average molecular weight is 274 g/mol. The van der Waals surface area contributed by atoms with Crippen LogP contribution in [0.2, 0.25) is 0 Å². The van der Waals surface area contributed by atoms with E-state index in [-0.39, 0.29) is 6.61 Å². The summed E-state index contributed by atoms with van der Waals surface area (Å²) in [6.07, 6.45) is 2.22. The number of rotatable bonds is 6. The molecule has 4 nitrogen and oxygen atoms in total. The van der Waals surface area contributed by atoms with Crippen molar-refractivity contribution in [3.63, 3.8) is 0 Å². The molecule has 0 bridgehead atoms. The highest BCUT2D eigenvalue weighted by Crippen LogP contribution is 2.29. The van der Waals surface area contributed by atoms with Crippen molar-refractivity contribution in [2.24, 2.45) is 0 Å². The lowest BCUT2D eigenvalue weighted by Crippen LogP contribution is -2.29. The van der Waals surface area contributed by atoms with Gasteiger partial charge in [0, 0.05) is 6.42 Å². The number of benzene rings is 1. The largest absolute Gasteiger partial charge is 0.395 e. The van der Waals surface area contributed by atoms with Crippen LogP contribution in [0.25, 0.3) is 0 Å². The maximum Gasteiger partial charge on any atom is 0.235 e. The van der Waals surface area contributed by atoms with Gasteiger partial charge in [0.25, 0.3) is 0 Å². The standard InChI is InChI=1S/C16H22N2O2/c1-4-16(5-2,11-19)15-17-14(18-20-15)10-13-8-6-12(3)7-9-13/h6-9,19H,4-5,10-11H2,1-3H3. The van der Waals surface area contributed by atoms with Gasteiger partial charge in [0.2, 0.25) is 5.89 Å². The molecule has 1 aromatic carbocycles. The van der Waals surface area contributed by atoms with Gasteiger partial charge in [-0.25, -0.2) is 0 Å². The summed E-state index contributed by atoms with van der Waals surface area (Å²) in [5.74, 6) is 1.22. The Hall–Kier alpha value is -1.68. The first-order valence-electron chi connectivity index (χ1n) is 7.13. The van der Waals surface area contributed by atoms with E-state index in [1.165, 1.54) is 5.56 Å². The summed E-state index contributed by atoms with van der Waals surface area (Å²) in [6.45, 7) is 6.16. The van der Waals surface area contributed by atoms with Crippen LogP contribution in [0.3, 0.4) is 0 Å². The van der Waals surface area contributed by atoms with Crippen molar-refractivity contribution in [2.45, 2.75) is 45.4 Å². The van der Waals surface area contributed by atoms with Gasteiger partial charge in [0.1, 0.15) is 0 Å². The van der Waals surface area contributed by atoms with Crippen LogP contribution in [0.4, 0.5) is 0 Å². The van der Waals surface area contributed by atoms with Gasteiger partial charge in [-0.2, -0.15) is 4.98 Å². The molecule has 2 aromatic rings. The maximum absolute atomic E-state index is 9.63. The average Bonchev–Trinajstić information content (AvgIpc) is 2.93. The highest BCUT2D eigenvalue weighted by atomic mass is 16.5. The molecule has 0 atom stereocenters. The van der Waals surface area contributed by atoms with Crippen LogP contribution >= 0.6 is 0 Å². The normalized spacial score (nSPS) is 11.8. The van der Waals surface area contributed by atoms with Crippen LogP contribution in [-0.2, 0) is 11.8 Å². The molecule has 0 unspecified atom stereocenters. The minimum Gasteiger partial charge on any atom is -0.395 e. The van der Waals surface area contributed by atoms with Crippen LogP contribution in [-0.4, -0.2) is 21.9 Å².